The van der Waals surface area contributed by atoms with Crippen LogP contribution in [0.25, 0.3) is 0 Å². The Bertz CT molecular complexity index is 293. The summed E-state index contributed by atoms with van der Waals surface area (Å²) in [5.41, 5.74) is 5.94. The molecule has 0 radical (unpaired) electrons. The van der Waals surface area contributed by atoms with Gasteiger partial charge in [0.2, 0.25) is 0 Å². The van der Waals surface area contributed by atoms with Gasteiger partial charge in [-0.3, -0.25) is 0 Å². The summed E-state index contributed by atoms with van der Waals surface area (Å²) >= 11 is 0. The van der Waals surface area contributed by atoms with E-state index in [1.807, 2.05) is 24.9 Å². The van der Waals surface area contributed by atoms with Crippen molar-refractivity contribution in [2.75, 3.05) is 7.05 Å². The Morgan fingerprint density at radius 2 is 2.13 bits per heavy atom. The summed E-state index contributed by atoms with van der Waals surface area (Å²) in [6.45, 7) is 7.36. The molecule has 0 aromatic rings. The lowest BCUT2D eigenvalue weighted by molar-refractivity contribution is 0.187. The van der Waals surface area contributed by atoms with E-state index in [0.29, 0.717) is 5.76 Å². The standard InChI is InChI=1S/C11H18N2O2/c1-5-10(13(4)6-2)8-7-9(3)15-11(12)14/h6-8H,2,5H2,1,3-4H3,(H2,12,14)/b9-7+,10-8+. The summed E-state index contributed by atoms with van der Waals surface area (Å²) in [7, 11) is 1.90. The molecule has 84 valence electrons. The summed E-state index contributed by atoms with van der Waals surface area (Å²) < 4.78 is 4.67. The molecule has 4 nitrogen and oxygen atoms in total. The number of carbonyl (C=O) groups excluding carboxylic acids is 1. The van der Waals surface area contributed by atoms with Gasteiger partial charge < -0.3 is 15.4 Å². The van der Waals surface area contributed by atoms with Gasteiger partial charge in [-0.1, -0.05) is 13.5 Å². The Morgan fingerprint density at radius 1 is 1.53 bits per heavy atom. The molecule has 2 N–H and O–H groups in total. The largest absolute Gasteiger partial charge is 0.415 e. The lowest BCUT2D eigenvalue weighted by Crippen LogP contribution is -2.11. The van der Waals surface area contributed by atoms with Crippen LogP contribution in [-0.4, -0.2) is 18.0 Å². The smallest absolute Gasteiger partial charge is 0.409 e. The molecule has 0 aromatic heterocycles. The number of hydrogen-bond acceptors (Lipinski definition) is 3. The first-order valence-electron chi connectivity index (χ1n) is 4.71. The van der Waals surface area contributed by atoms with Crippen molar-refractivity contribution in [2.45, 2.75) is 20.3 Å². The first kappa shape index (κ1) is 13.3. The molecule has 0 unspecified atom stereocenters. The highest BCUT2D eigenvalue weighted by Gasteiger charge is 1.97. The van der Waals surface area contributed by atoms with Crippen LogP contribution in [0.15, 0.2) is 36.4 Å². The van der Waals surface area contributed by atoms with E-state index in [1.54, 1.807) is 19.2 Å². The highest BCUT2D eigenvalue weighted by Crippen LogP contribution is 2.07. The predicted octanol–water partition coefficient (Wildman–Crippen LogP) is 2.35. The molecule has 1 amide bonds. The van der Waals surface area contributed by atoms with Crippen molar-refractivity contribution >= 4 is 6.09 Å². The van der Waals surface area contributed by atoms with Gasteiger partial charge in [0.05, 0.1) is 0 Å². The van der Waals surface area contributed by atoms with Crippen molar-refractivity contribution in [3.63, 3.8) is 0 Å². The lowest BCUT2D eigenvalue weighted by Gasteiger charge is -2.15. The van der Waals surface area contributed by atoms with Gasteiger partial charge in [-0.2, -0.15) is 0 Å². The van der Waals surface area contributed by atoms with E-state index in [4.69, 9.17) is 5.73 Å². The number of carbonyl (C=O) groups is 1. The quantitative estimate of drug-likeness (QED) is 0.559. The molecule has 15 heavy (non-hydrogen) atoms. The third kappa shape index (κ3) is 5.57. The van der Waals surface area contributed by atoms with Crippen LogP contribution in [0.4, 0.5) is 4.79 Å². The van der Waals surface area contributed by atoms with E-state index >= 15 is 0 Å². The molecule has 0 aliphatic heterocycles. The van der Waals surface area contributed by atoms with Gasteiger partial charge in [-0.25, -0.2) is 4.79 Å². The fraction of sp³-hybridized carbons (Fsp3) is 0.364. The second kappa shape index (κ2) is 6.70. The van der Waals surface area contributed by atoms with E-state index in [2.05, 4.69) is 11.3 Å². The third-order valence-electron chi connectivity index (χ3n) is 1.86. The maximum absolute atomic E-state index is 10.4. The van der Waals surface area contributed by atoms with Crippen molar-refractivity contribution in [3.05, 3.63) is 36.4 Å². The molecule has 0 atom stereocenters. The second-order valence-corrected chi connectivity index (χ2v) is 3.00. The second-order valence-electron chi connectivity index (χ2n) is 3.00. The van der Waals surface area contributed by atoms with Crippen LogP contribution in [-0.2, 0) is 4.74 Å². The topological polar surface area (TPSA) is 55.6 Å². The molecular weight excluding hydrogens is 192 g/mol. The summed E-state index contributed by atoms with van der Waals surface area (Å²) in [4.78, 5) is 12.3. The van der Waals surface area contributed by atoms with E-state index in [9.17, 15) is 4.79 Å². The van der Waals surface area contributed by atoms with Gasteiger partial charge in [-0.05, 0) is 31.7 Å². The average molecular weight is 210 g/mol. The molecular formula is C11H18N2O2. The van der Waals surface area contributed by atoms with Gasteiger partial charge in [0.15, 0.2) is 0 Å². The Balaban J connectivity index is 4.57. The zero-order chi connectivity index (χ0) is 11.8. The SMILES string of the molecule is C=CN(C)/C(=C/C=C(\C)OC(N)=O)CC. The Hall–Kier alpha value is -1.71. The zero-order valence-electron chi connectivity index (χ0n) is 9.49. The number of allylic oxidation sites excluding steroid dienone is 4. The van der Waals surface area contributed by atoms with Crippen LogP contribution in [0, 0.1) is 0 Å². The van der Waals surface area contributed by atoms with Gasteiger partial charge in [0.1, 0.15) is 5.76 Å². The molecule has 0 saturated heterocycles. The Kier molecular flexibility index (Phi) is 5.94. The van der Waals surface area contributed by atoms with Crippen LogP contribution in [0.1, 0.15) is 20.3 Å². The molecule has 0 spiro atoms. The van der Waals surface area contributed by atoms with E-state index in [-0.39, 0.29) is 0 Å². The molecule has 0 bridgehead atoms. The molecule has 0 aromatic carbocycles. The number of primary amides is 1. The fourth-order valence-corrected chi connectivity index (χ4v) is 1.01. The zero-order valence-corrected chi connectivity index (χ0v) is 9.49. The van der Waals surface area contributed by atoms with E-state index in [1.165, 1.54) is 0 Å². The third-order valence-corrected chi connectivity index (χ3v) is 1.86. The maximum atomic E-state index is 10.4. The van der Waals surface area contributed by atoms with Gasteiger partial charge in [-0.15, -0.1) is 0 Å². The maximum Gasteiger partial charge on any atom is 0.409 e. The molecule has 0 saturated carbocycles. The minimum absolute atomic E-state index is 0.464. The minimum atomic E-state index is -0.799. The molecule has 0 aliphatic rings. The fourth-order valence-electron chi connectivity index (χ4n) is 1.01. The lowest BCUT2D eigenvalue weighted by atomic mass is 10.3. The minimum Gasteiger partial charge on any atom is -0.415 e. The normalized spacial score (nSPS) is 12.2. The van der Waals surface area contributed by atoms with Crippen LogP contribution < -0.4 is 5.73 Å². The molecule has 0 rings (SSSR count). The average Bonchev–Trinajstić information content (AvgIpc) is 2.17. The summed E-state index contributed by atoms with van der Waals surface area (Å²) in [6.07, 6.45) is 5.34. The summed E-state index contributed by atoms with van der Waals surface area (Å²) in [5, 5.41) is 0. The van der Waals surface area contributed by atoms with Crippen LogP contribution in [0.2, 0.25) is 0 Å². The van der Waals surface area contributed by atoms with Crippen LogP contribution in [0.3, 0.4) is 0 Å². The van der Waals surface area contributed by atoms with Crippen molar-refractivity contribution in [2.24, 2.45) is 5.73 Å². The van der Waals surface area contributed by atoms with E-state index in [0.717, 1.165) is 12.1 Å². The number of nitrogens with two attached hydrogens (primary N) is 1. The highest BCUT2D eigenvalue weighted by atomic mass is 16.5. The number of nitrogens with zero attached hydrogens (tertiary/aromatic N) is 1. The van der Waals surface area contributed by atoms with Crippen molar-refractivity contribution in [1.29, 1.82) is 0 Å². The number of rotatable bonds is 5. The monoisotopic (exact) mass is 210 g/mol. The van der Waals surface area contributed by atoms with Crippen LogP contribution in [0.5, 0.6) is 0 Å². The van der Waals surface area contributed by atoms with Crippen LogP contribution >= 0.6 is 0 Å². The Morgan fingerprint density at radius 3 is 2.53 bits per heavy atom. The molecule has 0 heterocycles. The highest BCUT2D eigenvalue weighted by molar-refractivity contribution is 5.65. The number of hydrogen-bond donors (Lipinski definition) is 1. The molecule has 0 aliphatic carbocycles. The van der Waals surface area contributed by atoms with Crippen molar-refractivity contribution in [1.82, 2.24) is 4.90 Å². The predicted molar refractivity (Wildman–Crippen MR) is 60.8 cm³/mol. The molecule has 0 fully saturated rings. The van der Waals surface area contributed by atoms with Gasteiger partial charge in [0.25, 0.3) is 0 Å². The first-order valence-corrected chi connectivity index (χ1v) is 4.71. The summed E-state index contributed by atoms with van der Waals surface area (Å²) in [6, 6.07) is 0. The van der Waals surface area contributed by atoms with Gasteiger partial charge in [0, 0.05) is 12.7 Å². The van der Waals surface area contributed by atoms with E-state index < -0.39 is 6.09 Å². The Labute approximate surface area is 90.7 Å². The van der Waals surface area contributed by atoms with Crippen molar-refractivity contribution in [3.8, 4) is 0 Å². The first-order chi connectivity index (χ1) is 7.01. The summed E-state index contributed by atoms with van der Waals surface area (Å²) in [5.74, 6) is 0.464. The number of ether oxygens (including phenoxy) is 1. The number of amides is 1. The van der Waals surface area contributed by atoms with Gasteiger partial charge >= 0.3 is 6.09 Å². The van der Waals surface area contributed by atoms with Crippen molar-refractivity contribution < 1.29 is 9.53 Å². The molecule has 4 heteroatoms.